The first kappa shape index (κ1) is 21.2. The van der Waals surface area contributed by atoms with Crippen molar-refractivity contribution in [1.29, 1.82) is 0 Å². The van der Waals surface area contributed by atoms with Crippen LogP contribution >= 0.6 is 0 Å². The molecule has 7 heteroatoms. The molecule has 162 valence electrons. The Balaban J connectivity index is 1.59. The Morgan fingerprint density at radius 3 is 2.34 bits per heavy atom. The number of aromatic nitrogens is 3. The Morgan fingerprint density at radius 2 is 1.69 bits per heavy atom. The number of halogens is 1. The Labute approximate surface area is 186 Å². The lowest BCUT2D eigenvalue weighted by atomic mass is 10.2. The molecule has 0 atom stereocenters. The average Bonchev–Trinajstić information content (AvgIpc) is 3.27. The molecular formula is C25H24FN5O. The molecule has 0 aliphatic heterocycles. The molecule has 0 radical (unpaired) electrons. The fourth-order valence-electron chi connectivity index (χ4n) is 3.35. The summed E-state index contributed by atoms with van der Waals surface area (Å²) < 4.78 is 15.4. The number of carbonyl (C=O) groups is 1. The van der Waals surface area contributed by atoms with Gasteiger partial charge in [0.1, 0.15) is 17.3 Å². The van der Waals surface area contributed by atoms with Gasteiger partial charge in [-0.25, -0.2) is 14.4 Å². The molecule has 2 aromatic carbocycles. The van der Waals surface area contributed by atoms with Gasteiger partial charge in [0.25, 0.3) is 5.91 Å². The van der Waals surface area contributed by atoms with Crippen LogP contribution in [0.4, 0.5) is 15.9 Å². The number of imidazole rings is 1. The van der Waals surface area contributed by atoms with Gasteiger partial charge in [-0.05, 0) is 41.5 Å². The van der Waals surface area contributed by atoms with Crippen molar-refractivity contribution in [3.8, 4) is 0 Å². The number of amides is 1. The normalized spacial score (nSPS) is 10.7. The molecule has 4 rings (SSSR count). The van der Waals surface area contributed by atoms with Gasteiger partial charge >= 0.3 is 0 Å². The summed E-state index contributed by atoms with van der Waals surface area (Å²) in [4.78, 5) is 25.7. The second-order valence-corrected chi connectivity index (χ2v) is 7.70. The zero-order chi connectivity index (χ0) is 22.5. The van der Waals surface area contributed by atoms with Gasteiger partial charge in [0.05, 0.1) is 12.9 Å². The molecule has 0 bridgehead atoms. The quantitative estimate of drug-likeness (QED) is 0.438. The highest BCUT2D eigenvalue weighted by Gasteiger charge is 2.21. The van der Waals surface area contributed by atoms with Crippen molar-refractivity contribution in [2.75, 3.05) is 23.9 Å². The lowest BCUT2D eigenvalue weighted by molar-refractivity contribution is 0.0980. The second-order valence-electron chi connectivity index (χ2n) is 7.70. The van der Waals surface area contributed by atoms with E-state index in [1.807, 2.05) is 66.0 Å². The van der Waals surface area contributed by atoms with E-state index in [1.165, 1.54) is 12.1 Å². The van der Waals surface area contributed by atoms with Crippen molar-refractivity contribution in [3.63, 3.8) is 0 Å². The third kappa shape index (κ3) is 5.00. The van der Waals surface area contributed by atoms with Crippen LogP contribution in [-0.2, 0) is 13.1 Å². The van der Waals surface area contributed by atoms with Crippen LogP contribution in [0.2, 0.25) is 0 Å². The van der Waals surface area contributed by atoms with E-state index in [1.54, 1.807) is 35.8 Å². The Kier molecular flexibility index (Phi) is 6.26. The topological polar surface area (TPSA) is 54.3 Å². The van der Waals surface area contributed by atoms with Gasteiger partial charge in [0, 0.05) is 38.7 Å². The lowest BCUT2D eigenvalue weighted by Crippen LogP contribution is -2.30. The van der Waals surface area contributed by atoms with Crippen molar-refractivity contribution in [3.05, 3.63) is 108 Å². The molecule has 6 nitrogen and oxygen atoms in total. The third-order valence-electron chi connectivity index (χ3n) is 5.05. The molecule has 0 unspecified atom stereocenters. The maximum Gasteiger partial charge on any atom is 0.278 e. The van der Waals surface area contributed by atoms with Crippen molar-refractivity contribution >= 4 is 17.4 Å². The average molecular weight is 429 g/mol. The van der Waals surface area contributed by atoms with Crippen LogP contribution in [0, 0.1) is 5.82 Å². The van der Waals surface area contributed by atoms with E-state index >= 15 is 0 Å². The summed E-state index contributed by atoms with van der Waals surface area (Å²) in [6.07, 6.45) is 5.13. The number of benzene rings is 2. The zero-order valence-electron chi connectivity index (χ0n) is 18.0. The molecule has 2 aromatic heterocycles. The third-order valence-corrected chi connectivity index (χ3v) is 5.05. The van der Waals surface area contributed by atoms with Crippen molar-refractivity contribution < 1.29 is 9.18 Å². The Bertz CT molecular complexity index is 1170. The number of anilines is 2. The predicted octanol–water partition coefficient (Wildman–Crippen LogP) is 4.38. The summed E-state index contributed by atoms with van der Waals surface area (Å²) in [5, 5.41) is 0. The molecule has 1 amide bonds. The van der Waals surface area contributed by atoms with Crippen LogP contribution in [0.1, 0.15) is 21.6 Å². The summed E-state index contributed by atoms with van der Waals surface area (Å²) >= 11 is 0. The van der Waals surface area contributed by atoms with E-state index in [4.69, 9.17) is 0 Å². The van der Waals surface area contributed by atoms with Crippen LogP contribution in [0.5, 0.6) is 0 Å². The van der Waals surface area contributed by atoms with Gasteiger partial charge in [0.2, 0.25) is 0 Å². The first-order valence-electron chi connectivity index (χ1n) is 10.2. The van der Waals surface area contributed by atoms with Crippen LogP contribution in [0.15, 0.2) is 85.5 Å². The van der Waals surface area contributed by atoms with Gasteiger partial charge in [-0.3, -0.25) is 4.79 Å². The first-order valence-corrected chi connectivity index (χ1v) is 10.2. The van der Waals surface area contributed by atoms with Gasteiger partial charge in [0.15, 0.2) is 0 Å². The van der Waals surface area contributed by atoms with E-state index in [0.29, 0.717) is 17.9 Å². The van der Waals surface area contributed by atoms with Crippen molar-refractivity contribution in [2.24, 2.45) is 0 Å². The zero-order valence-corrected chi connectivity index (χ0v) is 18.0. The molecular weight excluding hydrogens is 405 g/mol. The van der Waals surface area contributed by atoms with Gasteiger partial charge in [-0.1, -0.05) is 36.4 Å². The van der Waals surface area contributed by atoms with Crippen molar-refractivity contribution in [2.45, 2.75) is 13.1 Å². The van der Waals surface area contributed by atoms with Gasteiger partial charge < -0.3 is 14.4 Å². The number of hydrogen-bond acceptors (Lipinski definition) is 4. The maximum atomic E-state index is 13.5. The first-order chi connectivity index (χ1) is 15.5. The van der Waals surface area contributed by atoms with Gasteiger partial charge in [-0.15, -0.1) is 0 Å². The number of hydrogen-bond donors (Lipinski definition) is 0. The van der Waals surface area contributed by atoms with Crippen molar-refractivity contribution in [1.82, 2.24) is 14.5 Å². The van der Waals surface area contributed by atoms with Crippen LogP contribution in [0.3, 0.4) is 0 Å². The minimum atomic E-state index is -0.356. The highest BCUT2D eigenvalue weighted by molar-refractivity contribution is 6.04. The number of rotatable bonds is 7. The molecule has 0 aliphatic carbocycles. The number of pyridine rings is 1. The maximum absolute atomic E-state index is 13.5. The minimum absolute atomic E-state index is 0.264. The van der Waals surface area contributed by atoms with E-state index in [2.05, 4.69) is 9.97 Å². The van der Waals surface area contributed by atoms with E-state index < -0.39 is 0 Å². The van der Waals surface area contributed by atoms with Crippen LogP contribution in [-0.4, -0.2) is 34.5 Å². The standard InChI is InChI=1S/C25H24FN5O/c1-29(2)24-13-8-20(14-27-24)16-31(22-11-9-21(26)10-12-22)25(32)23-17-30(18-28-23)15-19-6-4-3-5-7-19/h3-14,17-18H,15-16H2,1-2H3. The summed E-state index contributed by atoms with van der Waals surface area (Å²) in [7, 11) is 3.84. The summed E-state index contributed by atoms with van der Waals surface area (Å²) in [5.74, 6) is 0.207. The van der Waals surface area contributed by atoms with Gasteiger partial charge in [-0.2, -0.15) is 0 Å². The fraction of sp³-hybridized carbons (Fsp3) is 0.160. The van der Waals surface area contributed by atoms with E-state index in [9.17, 15) is 9.18 Å². The fourth-order valence-corrected chi connectivity index (χ4v) is 3.35. The lowest BCUT2D eigenvalue weighted by Gasteiger charge is -2.22. The molecule has 2 heterocycles. The smallest absolute Gasteiger partial charge is 0.278 e. The minimum Gasteiger partial charge on any atom is -0.363 e. The molecule has 0 aliphatic rings. The summed E-state index contributed by atoms with van der Waals surface area (Å²) in [6.45, 7) is 0.907. The summed E-state index contributed by atoms with van der Waals surface area (Å²) in [5.41, 5.74) is 2.89. The highest BCUT2D eigenvalue weighted by atomic mass is 19.1. The summed E-state index contributed by atoms with van der Waals surface area (Å²) in [6, 6.07) is 19.7. The molecule has 32 heavy (non-hydrogen) atoms. The Hall–Kier alpha value is -4.00. The van der Waals surface area contributed by atoms with Crippen LogP contribution < -0.4 is 9.80 Å². The number of nitrogens with zero attached hydrogens (tertiary/aromatic N) is 5. The molecule has 0 spiro atoms. The second kappa shape index (κ2) is 9.43. The SMILES string of the molecule is CN(C)c1ccc(CN(C(=O)c2cn(Cc3ccccc3)cn2)c2ccc(F)cc2)cn1. The molecule has 0 N–H and O–H groups in total. The van der Waals surface area contributed by atoms with Crippen LogP contribution in [0.25, 0.3) is 0 Å². The molecule has 0 fully saturated rings. The monoisotopic (exact) mass is 429 g/mol. The molecule has 0 saturated heterocycles. The molecule has 4 aromatic rings. The Morgan fingerprint density at radius 1 is 0.938 bits per heavy atom. The molecule has 0 saturated carbocycles. The number of carbonyl (C=O) groups excluding carboxylic acids is 1. The van der Waals surface area contributed by atoms with E-state index in [0.717, 1.165) is 16.9 Å². The highest BCUT2D eigenvalue weighted by Crippen LogP contribution is 2.21. The largest absolute Gasteiger partial charge is 0.363 e. The predicted molar refractivity (Wildman–Crippen MR) is 123 cm³/mol. The van der Waals surface area contributed by atoms with E-state index in [-0.39, 0.29) is 18.3 Å².